The number of hydrogen-bond donors (Lipinski definition) is 0. The summed E-state index contributed by atoms with van der Waals surface area (Å²) < 4.78 is 0. The Bertz CT molecular complexity index is 246. The smallest absolute Gasteiger partial charge is 0.0368 e. The summed E-state index contributed by atoms with van der Waals surface area (Å²) in [7, 11) is 0. The normalized spacial score (nSPS) is 16.8. The van der Waals surface area contributed by atoms with Crippen LogP contribution in [-0.2, 0) is 0 Å². The molecule has 13 heavy (non-hydrogen) atoms. The molecule has 1 nitrogen and oxygen atoms in total. The fourth-order valence-electron chi connectivity index (χ4n) is 1.58. The molecule has 0 spiro atoms. The van der Waals surface area contributed by atoms with E-state index in [4.69, 9.17) is 0 Å². The summed E-state index contributed by atoms with van der Waals surface area (Å²) in [5.74, 6) is 0.566. The lowest BCUT2D eigenvalue weighted by atomic mass is 9.97. The van der Waals surface area contributed by atoms with Gasteiger partial charge in [-0.2, -0.15) is 0 Å². The summed E-state index contributed by atoms with van der Waals surface area (Å²) in [6.07, 6.45) is 7.55. The SMILES string of the molecule is C=C1C(C(C)C)=CC=CN1CCC. The average molecular weight is 177 g/mol. The van der Waals surface area contributed by atoms with Crippen LogP contribution in [0.25, 0.3) is 0 Å². The van der Waals surface area contributed by atoms with Gasteiger partial charge in [0.05, 0.1) is 0 Å². The van der Waals surface area contributed by atoms with Crippen molar-refractivity contribution < 1.29 is 0 Å². The van der Waals surface area contributed by atoms with E-state index in [9.17, 15) is 0 Å². The van der Waals surface area contributed by atoms with E-state index in [1.54, 1.807) is 0 Å². The van der Waals surface area contributed by atoms with Crippen LogP contribution >= 0.6 is 0 Å². The molecule has 1 heteroatoms. The van der Waals surface area contributed by atoms with Crippen LogP contribution in [0.5, 0.6) is 0 Å². The Labute approximate surface area is 81.4 Å². The lowest BCUT2D eigenvalue weighted by molar-refractivity contribution is 0.456. The van der Waals surface area contributed by atoms with Crippen LogP contribution in [-0.4, -0.2) is 11.4 Å². The first-order valence-electron chi connectivity index (χ1n) is 5.01. The fraction of sp³-hybridized carbons (Fsp3) is 0.500. The van der Waals surface area contributed by atoms with Crippen molar-refractivity contribution in [2.75, 3.05) is 6.54 Å². The minimum atomic E-state index is 0.566. The molecule has 0 aromatic heterocycles. The van der Waals surface area contributed by atoms with Gasteiger partial charge in [-0.05, 0) is 24.0 Å². The zero-order valence-electron chi connectivity index (χ0n) is 8.88. The van der Waals surface area contributed by atoms with Gasteiger partial charge in [-0.15, -0.1) is 0 Å². The first-order valence-corrected chi connectivity index (χ1v) is 5.01. The van der Waals surface area contributed by atoms with E-state index < -0.39 is 0 Å². The van der Waals surface area contributed by atoms with Gasteiger partial charge >= 0.3 is 0 Å². The van der Waals surface area contributed by atoms with Crippen molar-refractivity contribution in [2.45, 2.75) is 27.2 Å². The Hall–Kier alpha value is -0.980. The standard InChI is InChI=1S/C12H19N/c1-5-8-13-9-6-7-12(10(2)3)11(13)4/h6-7,9-10H,4-5,8H2,1-3H3. The van der Waals surface area contributed by atoms with E-state index in [1.165, 1.54) is 11.3 Å². The van der Waals surface area contributed by atoms with E-state index >= 15 is 0 Å². The van der Waals surface area contributed by atoms with Gasteiger partial charge in [-0.25, -0.2) is 0 Å². The van der Waals surface area contributed by atoms with Crippen LogP contribution in [0.4, 0.5) is 0 Å². The second-order valence-electron chi connectivity index (χ2n) is 3.76. The third-order valence-electron chi connectivity index (χ3n) is 2.31. The molecule has 0 radical (unpaired) electrons. The van der Waals surface area contributed by atoms with Crippen molar-refractivity contribution >= 4 is 0 Å². The van der Waals surface area contributed by atoms with E-state index in [0.29, 0.717) is 5.92 Å². The minimum Gasteiger partial charge on any atom is -0.348 e. The van der Waals surface area contributed by atoms with Crippen molar-refractivity contribution in [3.8, 4) is 0 Å². The molecule has 1 rings (SSSR count). The third-order valence-corrected chi connectivity index (χ3v) is 2.31. The zero-order valence-corrected chi connectivity index (χ0v) is 8.88. The summed E-state index contributed by atoms with van der Waals surface area (Å²) in [5.41, 5.74) is 2.52. The molecule has 0 saturated carbocycles. The Morgan fingerprint density at radius 2 is 2.15 bits per heavy atom. The molecule has 0 unspecified atom stereocenters. The topological polar surface area (TPSA) is 3.24 Å². The number of nitrogens with zero attached hydrogens (tertiary/aromatic N) is 1. The van der Waals surface area contributed by atoms with E-state index in [1.807, 2.05) is 0 Å². The van der Waals surface area contributed by atoms with Crippen molar-refractivity contribution in [1.29, 1.82) is 0 Å². The molecule has 1 aliphatic heterocycles. The van der Waals surface area contributed by atoms with Gasteiger partial charge in [0.1, 0.15) is 0 Å². The highest BCUT2D eigenvalue weighted by atomic mass is 15.1. The van der Waals surface area contributed by atoms with Gasteiger partial charge in [-0.1, -0.05) is 33.4 Å². The maximum absolute atomic E-state index is 4.12. The molecule has 1 heterocycles. The van der Waals surface area contributed by atoms with Gasteiger partial charge in [0, 0.05) is 18.4 Å². The Balaban J connectivity index is 2.74. The minimum absolute atomic E-state index is 0.566. The van der Waals surface area contributed by atoms with Gasteiger partial charge < -0.3 is 4.90 Å². The highest BCUT2D eigenvalue weighted by Gasteiger charge is 2.14. The molecule has 0 aliphatic carbocycles. The van der Waals surface area contributed by atoms with Crippen molar-refractivity contribution in [2.24, 2.45) is 5.92 Å². The van der Waals surface area contributed by atoms with E-state index in [0.717, 1.165) is 13.0 Å². The van der Waals surface area contributed by atoms with E-state index in [-0.39, 0.29) is 0 Å². The maximum Gasteiger partial charge on any atom is 0.0368 e. The summed E-state index contributed by atoms with van der Waals surface area (Å²) in [6, 6.07) is 0. The van der Waals surface area contributed by atoms with Crippen LogP contribution in [0.15, 0.2) is 36.2 Å². The third kappa shape index (κ3) is 2.24. The highest BCUT2D eigenvalue weighted by Crippen LogP contribution is 2.25. The molecule has 1 aliphatic rings. The van der Waals surface area contributed by atoms with Gasteiger partial charge in [0.15, 0.2) is 0 Å². The van der Waals surface area contributed by atoms with Gasteiger partial charge in [0.25, 0.3) is 0 Å². The predicted molar refractivity (Wildman–Crippen MR) is 58.2 cm³/mol. The molecule has 0 amide bonds. The highest BCUT2D eigenvalue weighted by molar-refractivity contribution is 5.36. The fourth-order valence-corrected chi connectivity index (χ4v) is 1.58. The largest absolute Gasteiger partial charge is 0.348 e. The van der Waals surface area contributed by atoms with E-state index in [2.05, 4.69) is 50.6 Å². The summed E-state index contributed by atoms with van der Waals surface area (Å²) in [5, 5.41) is 0. The van der Waals surface area contributed by atoms with Crippen molar-refractivity contribution in [3.63, 3.8) is 0 Å². The van der Waals surface area contributed by atoms with Gasteiger partial charge in [-0.3, -0.25) is 0 Å². The Morgan fingerprint density at radius 1 is 1.46 bits per heavy atom. The predicted octanol–water partition coefficient (Wildman–Crippen LogP) is 3.32. The lowest BCUT2D eigenvalue weighted by Gasteiger charge is -2.28. The first kappa shape index (κ1) is 10.1. The molecule has 0 N–H and O–H groups in total. The Kier molecular flexibility index (Phi) is 3.35. The molecular weight excluding hydrogens is 158 g/mol. The molecule has 0 aromatic carbocycles. The quantitative estimate of drug-likeness (QED) is 0.639. The first-order chi connectivity index (χ1) is 6.16. The molecule has 0 aromatic rings. The number of allylic oxidation sites excluding steroid dienone is 3. The number of hydrogen-bond acceptors (Lipinski definition) is 1. The molecule has 0 atom stereocenters. The maximum atomic E-state index is 4.12. The van der Waals surface area contributed by atoms with Crippen LogP contribution in [0.2, 0.25) is 0 Å². The Morgan fingerprint density at radius 3 is 2.69 bits per heavy atom. The zero-order chi connectivity index (χ0) is 9.84. The van der Waals surface area contributed by atoms with Crippen LogP contribution in [0.3, 0.4) is 0 Å². The lowest BCUT2D eigenvalue weighted by Crippen LogP contribution is -2.21. The molecule has 72 valence electrons. The monoisotopic (exact) mass is 177 g/mol. The number of rotatable bonds is 3. The molecule has 0 saturated heterocycles. The summed E-state index contributed by atoms with van der Waals surface area (Å²) in [4.78, 5) is 2.23. The van der Waals surface area contributed by atoms with Crippen LogP contribution < -0.4 is 0 Å². The van der Waals surface area contributed by atoms with Crippen molar-refractivity contribution in [3.05, 3.63) is 36.2 Å². The average Bonchev–Trinajstić information content (AvgIpc) is 2.08. The van der Waals surface area contributed by atoms with Crippen molar-refractivity contribution in [1.82, 2.24) is 4.90 Å². The summed E-state index contributed by atoms with van der Waals surface area (Å²) in [6.45, 7) is 11.8. The van der Waals surface area contributed by atoms with Crippen LogP contribution in [0, 0.1) is 5.92 Å². The summed E-state index contributed by atoms with van der Waals surface area (Å²) >= 11 is 0. The molecule has 0 bridgehead atoms. The van der Waals surface area contributed by atoms with Gasteiger partial charge in [0.2, 0.25) is 0 Å². The molecule has 0 fully saturated rings. The second-order valence-corrected chi connectivity index (χ2v) is 3.76. The second kappa shape index (κ2) is 4.31. The van der Waals surface area contributed by atoms with Crippen LogP contribution in [0.1, 0.15) is 27.2 Å². The molecular formula is C12H19N.